The Morgan fingerprint density at radius 1 is 1.20 bits per heavy atom. The van der Waals surface area contributed by atoms with Crippen LogP contribution in [-0.2, 0) is 21.2 Å². The molecule has 2 aromatic rings. The number of nitrogens with zero attached hydrogens (tertiary/aromatic N) is 1. The second-order valence-corrected chi connectivity index (χ2v) is 7.70. The van der Waals surface area contributed by atoms with Gasteiger partial charge in [0.2, 0.25) is 15.9 Å². The Labute approximate surface area is 147 Å². The van der Waals surface area contributed by atoms with Crippen LogP contribution >= 0.6 is 0 Å². The van der Waals surface area contributed by atoms with Crippen molar-refractivity contribution >= 4 is 27.3 Å². The summed E-state index contributed by atoms with van der Waals surface area (Å²) in [6.45, 7) is 2.35. The van der Waals surface area contributed by atoms with E-state index in [0.717, 1.165) is 5.56 Å². The topological polar surface area (TPSA) is 75.7 Å². The first kappa shape index (κ1) is 17.3. The molecule has 0 saturated carbocycles. The van der Waals surface area contributed by atoms with Crippen molar-refractivity contribution < 1.29 is 17.9 Å². The highest BCUT2D eigenvalue weighted by molar-refractivity contribution is 7.92. The standard InChI is InChI=1S/C18H20N2O4S/c1-14(21)20-10-11-24-18-8-7-16(13-17(18)20)19-25(22,23)12-9-15-5-3-2-4-6-15/h2-8,13,19H,9-12H2,1H3. The molecule has 0 fully saturated rings. The highest BCUT2D eigenvalue weighted by Crippen LogP contribution is 2.34. The molecule has 0 radical (unpaired) electrons. The van der Waals surface area contributed by atoms with Gasteiger partial charge < -0.3 is 9.64 Å². The summed E-state index contributed by atoms with van der Waals surface area (Å²) >= 11 is 0. The van der Waals surface area contributed by atoms with Crippen LogP contribution in [0.2, 0.25) is 0 Å². The van der Waals surface area contributed by atoms with Crippen molar-refractivity contribution in [2.75, 3.05) is 28.5 Å². The van der Waals surface area contributed by atoms with Crippen LogP contribution in [0, 0.1) is 0 Å². The van der Waals surface area contributed by atoms with Gasteiger partial charge in [-0.15, -0.1) is 0 Å². The molecule has 0 aromatic heterocycles. The molecule has 1 amide bonds. The van der Waals surface area contributed by atoms with Crippen molar-refractivity contribution in [3.05, 3.63) is 54.1 Å². The zero-order valence-electron chi connectivity index (χ0n) is 13.9. The van der Waals surface area contributed by atoms with E-state index in [0.29, 0.717) is 36.7 Å². The Morgan fingerprint density at radius 2 is 1.96 bits per heavy atom. The van der Waals surface area contributed by atoms with E-state index in [4.69, 9.17) is 4.74 Å². The molecule has 1 heterocycles. The summed E-state index contributed by atoms with van der Waals surface area (Å²) in [4.78, 5) is 13.3. The number of nitrogens with one attached hydrogen (secondary N) is 1. The molecule has 0 spiro atoms. The lowest BCUT2D eigenvalue weighted by Crippen LogP contribution is -2.36. The molecular weight excluding hydrogens is 340 g/mol. The number of benzene rings is 2. The molecule has 0 unspecified atom stereocenters. The molecule has 1 aliphatic rings. The Hall–Kier alpha value is -2.54. The zero-order chi connectivity index (χ0) is 17.9. The van der Waals surface area contributed by atoms with Crippen LogP contribution in [0.15, 0.2) is 48.5 Å². The van der Waals surface area contributed by atoms with Crippen LogP contribution in [0.4, 0.5) is 11.4 Å². The predicted molar refractivity (Wildman–Crippen MR) is 97.5 cm³/mol. The molecule has 132 valence electrons. The molecule has 0 atom stereocenters. The predicted octanol–water partition coefficient (Wildman–Crippen LogP) is 2.42. The number of carbonyl (C=O) groups excluding carboxylic acids is 1. The first-order valence-electron chi connectivity index (χ1n) is 8.04. The Kier molecular flexibility index (Phi) is 4.94. The first-order valence-corrected chi connectivity index (χ1v) is 9.69. The summed E-state index contributed by atoms with van der Waals surface area (Å²) < 4.78 is 32.8. The largest absolute Gasteiger partial charge is 0.490 e. The molecule has 0 aliphatic carbocycles. The average molecular weight is 360 g/mol. The smallest absolute Gasteiger partial charge is 0.233 e. The number of carbonyl (C=O) groups is 1. The fourth-order valence-electron chi connectivity index (χ4n) is 2.74. The van der Waals surface area contributed by atoms with Crippen molar-refractivity contribution in [2.24, 2.45) is 0 Å². The van der Waals surface area contributed by atoms with E-state index in [1.54, 1.807) is 23.1 Å². The number of anilines is 2. The highest BCUT2D eigenvalue weighted by Gasteiger charge is 2.22. The van der Waals surface area contributed by atoms with Crippen LogP contribution in [0.5, 0.6) is 5.75 Å². The van der Waals surface area contributed by atoms with Crippen LogP contribution in [-0.4, -0.2) is 33.2 Å². The SMILES string of the molecule is CC(=O)N1CCOc2ccc(NS(=O)(=O)CCc3ccccc3)cc21. The molecule has 1 aliphatic heterocycles. The van der Waals surface area contributed by atoms with Crippen LogP contribution in [0.3, 0.4) is 0 Å². The van der Waals surface area contributed by atoms with Gasteiger partial charge in [0.25, 0.3) is 0 Å². The summed E-state index contributed by atoms with van der Waals surface area (Å²) in [5.41, 5.74) is 1.97. The molecule has 2 aromatic carbocycles. The van der Waals surface area contributed by atoms with E-state index in [-0.39, 0.29) is 11.7 Å². The summed E-state index contributed by atoms with van der Waals surface area (Å²) in [5.74, 6) is 0.461. The van der Waals surface area contributed by atoms with Crippen LogP contribution < -0.4 is 14.4 Å². The quantitative estimate of drug-likeness (QED) is 0.888. The average Bonchev–Trinajstić information content (AvgIpc) is 2.60. The minimum Gasteiger partial charge on any atom is -0.490 e. The molecule has 0 bridgehead atoms. The third kappa shape index (κ3) is 4.30. The van der Waals surface area contributed by atoms with Crippen molar-refractivity contribution in [1.29, 1.82) is 0 Å². The van der Waals surface area contributed by atoms with E-state index >= 15 is 0 Å². The van der Waals surface area contributed by atoms with E-state index in [1.807, 2.05) is 30.3 Å². The lowest BCUT2D eigenvalue weighted by atomic mass is 10.2. The number of hydrogen-bond acceptors (Lipinski definition) is 4. The van der Waals surface area contributed by atoms with Gasteiger partial charge in [-0.05, 0) is 30.2 Å². The lowest BCUT2D eigenvalue weighted by Gasteiger charge is -2.29. The summed E-state index contributed by atoms with van der Waals surface area (Å²) in [7, 11) is -3.49. The van der Waals surface area contributed by atoms with Gasteiger partial charge in [0.15, 0.2) is 0 Å². The lowest BCUT2D eigenvalue weighted by molar-refractivity contribution is -0.116. The molecule has 6 nitrogen and oxygen atoms in total. The second-order valence-electron chi connectivity index (χ2n) is 5.86. The normalized spacial score (nSPS) is 13.7. The number of ether oxygens (including phenoxy) is 1. The van der Waals surface area contributed by atoms with Crippen molar-refractivity contribution in [2.45, 2.75) is 13.3 Å². The van der Waals surface area contributed by atoms with Crippen molar-refractivity contribution in [1.82, 2.24) is 0 Å². The second kappa shape index (κ2) is 7.14. The molecule has 1 N–H and O–H groups in total. The molecule has 0 saturated heterocycles. The Morgan fingerprint density at radius 3 is 2.68 bits per heavy atom. The monoisotopic (exact) mass is 360 g/mol. The summed E-state index contributed by atoms with van der Waals surface area (Å²) in [6, 6.07) is 14.4. The summed E-state index contributed by atoms with van der Waals surface area (Å²) in [6.07, 6.45) is 0.434. The van der Waals surface area contributed by atoms with Gasteiger partial charge in [0.1, 0.15) is 12.4 Å². The maximum Gasteiger partial charge on any atom is 0.233 e. The zero-order valence-corrected chi connectivity index (χ0v) is 14.8. The third-order valence-corrected chi connectivity index (χ3v) is 5.27. The van der Waals surface area contributed by atoms with E-state index in [9.17, 15) is 13.2 Å². The maximum atomic E-state index is 12.3. The van der Waals surface area contributed by atoms with Crippen molar-refractivity contribution in [3.8, 4) is 5.75 Å². The number of rotatable bonds is 5. The number of sulfonamides is 1. The van der Waals surface area contributed by atoms with Gasteiger partial charge in [-0.25, -0.2) is 8.42 Å². The van der Waals surface area contributed by atoms with E-state index in [1.165, 1.54) is 6.92 Å². The Bertz CT molecular complexity index is 866. The number of amides is 1. The minimum atomic E-state index is -3.49. The Balaban J connectivity index is 1.74. The fourth-order valence-corrected chi connectivity index (χ4v) is 3.83. The van der Waals surface area contributed by atoms with Crippen LogP contribution in [0.25, 0.3) is 0 Å². The first-order chi connectivity index (χ1) is 11.9. The van der Waals surface area contributed by atoms with Crippen molar-refractivity contribution in [3.63, 3.8) is 0 Å². The number of aryl methyl sites for hydroxylation is 1. The fraction of sp³-hybridized carbons (Fsp3) is 0.278. The molecule has 25 heavy (non-hydrogen) atoms. The number of fused-ring (bicyclic) bond motifs is 1. The van der Waals surface area contributed by atoms with E-state index < -0.39 is 10.0 Å². The summed E-state index contributed by atoms with van der Waals surface area (Å²) in [5, 5.41) is 0. The van der Waals surface area contributed by atoms with Gasteiger partial charge >= 0.3 is 0 Å². The van der Waals surface area contributed by atoms with E-state index in [2.05, 4.69) is 4.72 Å². The number of hydrogen-bond donors (Lipinski definition) is 1. The van der Waals surface area contributed by atoms with Gasteiger partial charge in [-0.2, -0.15) is 0 Å². The van der Waals surface area contributed by atoms with Gasteiger partial charge in [-0.1, -0.05) is 30.3 Å². The molecule has 3 rings (SSSR count). The van der Waals surface area contributed by atoms with Gasteiger partial charge in [0.05, 0.1) is 23.7 Å². The molecular formula is C18H20N2O4S. The van der Waals surface area contributed by atoms with Gasteiger partial charge in [-0.3, -0.25) is 9.52 Å². The maximum absolute atomic E-state index is 12.3. The third-order valence-electron chi connectivity index (χ3n) is 3.98. The molecule has 7 heteroatoms. The highest BCUT2D eigenvalue weighted by atomic mass is 32.2. The minimum absolute atomic E-state index is 0.0129. The van der Waals surface area contributed by atoms with Gasteiger partial charge in [0, 0.05) is 6.92 Å². The van der Waals surface area contributed by atoms with Crippen LogP contribution in [0.1, 0.15) is 12.5 Å².